The second kappa shape index (κ2) is 7.33. The van der Waals surface area contributed by atoms with E-state index >= 15 is 0 Å². The van der Waals surface area contributed by atoms with Gasteiger partial charge in [0, 0.05) is 43.3 Å². The minimum Gasteiger partial charge on any atom is -0.378 e. The number of anilines is 3. The Balaban J connectivity index is 1.67. The molecule has 0 radical (unpaired) electrons. The first-order valence-electron chi connectivity index (χ1n) is 8.34. The van der Waals surface area contributed by atoms with Gasteiger partial charge in [0.2, 0.25) is 0 Å². The molecule has 0 saturated carbocycles. The van der Waals surface area contributed by atoms with Crippen LogP contribution in [0.25, 0.3) is 0 Å². The lowest BCUT2D eigenvalue weighted by Crippen LogP contribution is -2.35. The van der Waals surface area contributed by atoms with Gasteiger partial charge in [-0.25, -0.2) is 13.4 Å². The highest BCUT2D eigenvalue weighted by Crippen LogP contribution is 2.20. The van der Waals surface area contributed by atoms with Crippen molar-refractivity contribution in [3.63, 3.8) is 0 Å². The average molecular weight is 374 g/mol. The van der Waals surface area contributed by atoms with Gasteiger partial charge in [-0.05, 0) is 42.8 Å². The van der Waals surface area contributed by atoms with Crippen molar-refractivity contribution in [1.82, 2.24) is 10.3 Å². The van der Waals surface area contributed by atoms with Crippen molar-refractivity contribution in [1.29, 1.82) is 0 Å². The van der Waals surface area contributed by atoms with Crippen LogP contribution < -0.4 is 15.5 Å². The maximum Gasteiger partial charge on any atom is 0.251 e. The van der Waals surface area contributed by atoms with Gasteiger partial charge in [-0.2, -0.15) is 0 Å². The first kappa shape index (κ1) is 18.2. The Kier molecular flexibility index (Phi) is 5.13. The van der Waals surface area contributed by atoms with E-state index in [1.807, 2.05) is 43.3 Å². The van der Waals surface area contributed by atoms with Crippen LogP contribution in [-0.2, 0) is 9.84 Å². The first-order valence-corrected chi connectivity index (χ1v) is 10.2. The fourth-order valence-corrected chi connectivity index (χ4v) is 4.48. The largest absolute Gasteiger partial charge is 0.378 e. The third-order valence-electron chi connectivity index (χ3n) is 4.25. The van der Waals surface area contributed by atoms with Crippen molar-refractivity contribution < 1.29 is 13.2 Å². The molecule has 2 aromatic rings. The van der Waals surface area contributed by atoms with E-state index in [2.05, 4.69) is 15.6 Å². The molecule has 1 unspecified atom stereocenters. The number of hydrogen-bond acceptors (Lipinski definition) is 6. The maximum absolute atomic E-state index is 12.4. The third-order valence-corrected chi connectivity index (χ3v) is 6.01. The molecule has 26 heavy (non-hydrogen) atoms. The van der Waals surface area contributed by atoms with Crippen LogP contribution in [0.5, 0.6) is 0 Å². The summed E-state index contributed by atoms with van der Waals surface area (Å²) in [4.78, 5) is 18.6. The molecule has 2 N–H and O–H groups in total. The number of nitrogens with one attached hydrogen (secondary N) is 2. The highest BCUT2D eigenvalue weighted by Gasteiger charge is 2.29. The monoisotopic (exact) mass is 374 g/mol. The molecule has 1 aromatic carbocycles. The van der Waals surface area contributed by atoms with E-state index in [4.69, 9.17) is 0 Å². The molecule has 7 nitrogen and oxygen atoms in total. The molecule has 0 spiro atoms. The Labute approximate surface area is 153 Å². The first-order chi connectivity index (χ1) is 12.3. The van der Waals surface area contributed by atoms with Crippen LogP contribution in [0.3, 0.4) is 0 Å². The lowest BCUT2D eigenvalue weighted by Gasteiger charge is -2.14. The number of amides is 1. The van der Waals surface area contributed by atoms with E-state index in [9.17, 15) is 13.2 Å². The predicted octanol–water partition coefficient (Wildman–Crippen LogP) is 1.81. The minimum atomic E-state index is -3.02. The van der Waals surface area contributed by atoms with Crippen molar-refractivity contribution in [2.45, 2.75) is 12.5 Å². The van der Waals surface area contributed by atoms with Crippen LogP contribution in [0, 0.1) is 0 Å². The second-order valence-electron chi connectivity index (χ2n) is 6.57. The van der Waals surface area contributed by atoms with Gasteiger partial charge in [0.1, 0.15) is 5.82 Å². The van der Waals surface area contributed by atoms with Crippen LogP contribution >= 0.6 is 0 Å². The van der Waals surface area contributed by atoms with Gasteiger partial charge < -0.3 is 15.5 Å². The number of benzene rings is 1. The van der Waals surface area contributed by atoms with Crippen LogP contribution in [0.1, 0.15) is 16.8 Å². The SMILES string of the molecule is CN(C)c1ccc(Nc2cc(C(=O)NC3CCS(=O)(=O)C3)ccn2)cc1. The quantitative estimate of drug-likeness (QED) is 0.829. The van der Waals surface area contributed by atoms with Crippen LogP contribution in [0.2, 0.25) is 0 Å². The van der Waals surface area contributed by atoms with Gasteiger partial charge in [-0.1, -0.05) is 0 Å². The van der Waals surface area contributed by atoms with Crippen LogP contribution in [-0.4, -0.2) is 51.0 Å². The molecule has 1 fully saturated rings. The zero-order chi connectivity index (χ0) is 18.7. The normalized spacial score (nSPS) is 18.3. The lowest BCUT2D eigenvalue weighted by molar-refractivity contribution is 0.0941. The number of aromatic nitrogens is 1. The number of rotatable bonds is 5. The zero-order valence-corrected chi connectivity index (χ0v) is 15.6. The van der Waals surface area contributed by atoms with E-state index in [0.29, 0.717) is 17.8 Å². The molecule has 1 aliphatic heterocycles. The van der Waals surface area contributed by atoms with E-state index in [1.165, 1.54) is 0 Å². The van der Waals surface area contributed by atoms with Crippen molar-refractivity contribution in [2.24, 2.45) is 0 Å². The molecule has 1 atom stereocenters. The van der Waals surface area contributed by atoms with E-state index in [0.717, 1.165) is 11.4 Å². The fourth-order valence-electron chi connectivity index (χ4n) is 2.81. The molecule has 1 amide bonds. The van der Waals surface area contributed by atoms with Crippen molar-refractivity contribution in [2.75, 3.05) is 35.8 Å². The van der Waals surface area contributed by atoms with Crippen LogP contribution in [0.4, 0.5) is 17.2 Å². The smallest absolute Gasteiger partial charge is 0.251 e. The molecular weight excluding hydrogens is 352 g/mol. The van der Waals surface area contributed by atoms with Gasteiger partial charge >= 0.3 is 0 Å². The number of pyridine rings is 1. The Hall–Kier alpha value is -2.61. The number of sulfone groups is 1. The molecular formula is C18H22N4O3S. The molecule has 3 rings (SSSR count). The van der Waals surface area contributed by atoms with Crippen molar-refractivity contribution >= 4 is 32.9 Å². The molecule has 138 valence electrons. The number of carbonyl (C=O) groups excluding carboxylic acids is 1. The summed E-state index contributed by atoms with van der Waals surface area (Å²) >= 11 is 0. The fraction of sp³-hybridized carbons (Fsp3) is 0.333. The van der Waals surface area contributed by atoms with Gasteiger partial charge in [0.25, 0.3) is 5.91 Å². The molecule has 1 aromatic heterocycles. The molecule has 1 saturated heterocycles. The molecule has 0 bridgehead atoms. The van der Waals surface area contributed by atoms with Gasteiger partial charge in [-0.3, -0.25) is 4.79 Å². The Morgan fingerprint density at radius 3 is 2.54 bits per heavy atom. The number of hydrogen-bond donors (Lipinski definition) is 2. The summed E-state index contributed by atoms with van der Waals surface area (Å²) in [5.74, 6) is 0.395. The van der Waals surface area contributed by atoms with Gasteiger partial charge in [0.05, 0.1) is 11.5 Å². The summed E-state index contributed by atoms with van der Waals surface area (Å²) in [7, 11) is 0.923. The van der Waals surface area contributed by atoms with E-state index in [1.54, 1.807) is 18.3 Å². The highest BCUT2D eigenvalue weighted by atomic mass is 32.2. The Bertz CT molecular complexity index is 895. The van der Waals surface area contributed by atoms with E-state index < -0.39 is 9.84 Å². The number of nitrogens with zero attached hydrogens (tertiary/aromatic N) is 2. The number of carbonyl (C=O) groups is 1. The third kappa shape index (κ3) is 4.51. The second-order valence-corrected chi connectivity index (χ2v) is 8.80. The topological polar surface area (TPSA) is 91.4 Å². The predicted molar refractivity (Wildman–Crippen MR) is 103 cm³/mol. The van der Waals surface area contributed by atoms with Gasteiger partial charge in [0.15, 0.2) is 9.84 Å². The standard InChI is InChI=1S/C18H22N4O3S/c1-22(2)16-5-3-14(4-6-16)20-17-11-13(7-9-19-17)18(23)21-15-8-10-26(24,25)12-15/h3-7,9,11,15H,8,10,12H2,1-2H3,(H,19,20)(H,21,23). The highest BCUT2D eigenvalue weighted by molar-refractivity contribution is 7.91. The van der Waals surface area contributed by atoms with E-state index in [-0.39, 0.29) is 23.5 Å². The van der Waals surface area contributed by atoms with Crippen LogP contribution in [0.15, 0.2) is 42.6 Å². The molecule has 1 aliphatic rings. The summed E-state index contributed by atoms with van der Waals surface area (Å²) in [6.07, 6.45) is 2.01. The Morgan fingerprint density at radius 1 is 1.19 bits per heavy atom. The summed E-state index contributed by atoms with van der Waals surface area (Å²) in [6.45, 7) is 0. The molecule has 2 heterocycles. The molecule has 8 heteroatoms. The van der Waals surface area contributed by atoms with Crippen molar-refractivity contribution in [3.8, 4) is 0 Å². The Morgan fingerprint density at radius 2 is 1.92 bits per heavy atom. The summed E-state index contributed by atoms with van der Waals surface area (Å²) in [5, 5.41) is 5.95. The lowest BCUT2D eigenvalue weighted by atomic mass is 10.2. The summed E-state index contributed by atoms with van der Waals surface area (Å²) in [6, 6.07) is 10.8. The summed E-state index contributed by atoms with van der Waals surface area (Å²) in [5.41, 5.74) is 2.39. The molecule has 0 aliphatic carbocycles. The van der Waals surface area contributed by atoms with Gasteiger partial charge in [-0.15, -0.1) is 0 Å². The summed E-state index contributed by atoms with van der Waals surface area (Å²) < 4.78 is 23.0. The maximum atomic E-state index is 12.4. The zero-order valence-electron chi connectivity index (χ0n) is 14.8. The minimum absolute atomic E-state index is 0.00710. The average Bonchev–Trinajstić information content (AvgIpc) is 2.94. The van der Waals surface area contributed by atoms with Crippen molar-refractivity contribution in [3.05, 3.63) is 48.2 Å².